The molecule has 1 atom stereocenters. The first-order valence-electron chi connectivity index (χ1n) is 6.35. The number of amides is 1. The molecular formula is C12H25N3O. The molecule has 0 aromatic rings. The third-order valence-electron chi connectivity index (χ3n) is 2.90. The average molecular weight is 227 g/mol. The standard InChI is InChI=1S/C12H25N3O/c1-10(2)14-12(16)11(3)13-6-9-15-7-4-5-8-15/h10-11,13H,4-9H2,1-3H3,(H,14,16). The number of hydrogen-bond acceptors (Lipinski definition) is 3. The SMILES string of the molecule is CC(C)NC(=O)C(C)NCCN1CCCC1. The van der Waals surface area contributed by atoms with E-state index in [0.717, 1.165) is 13.1 Å². The molecule has 2 N–H and O–H groups in total. The number of likely N-dealkylation sites (tertiary alicyclic amines) is 1. The number of nitrogens with zero attached hydrogens (tertiary/aromatic N) is 1. The van der Waals surface area contributed by atoms with Crippen LogP contribution in [0.1, 0.15) is 33.6 Å². The van der Waals surface area contributed by atoms with Gasteiger partial charge < -0.3 is 15.5 Å². The molecule has 1 amide bonds. The number of carbonyl (C=O) groups is 1. The molecule has 0 aromatic heterocycles. The van der Waals surface area contributed by atoms with Gasteiger partial charge in [0.05, 0.1) is 6.04 Å². The smallest absolute Gasteiger partial charge is 0.237 e. The van der Waals surface area contributed by atoms with E-state index in [4.69, 9.17) is 0 Å². The first-order valence-corrected chi connectivity index (χ1v) is 6.35. The highest BCUT2D eigenvalue weighted by atomic mass is 16.2. The molecule has 1 aliphatic heterocycles. The predicted molar refractivity (Wildman–Crippen MR) is 66.4 cm³/mol. The lowest BCUT2D eigenvalue weighted by atomic mass is 10.3. The fraction of sp³-hybridized carbons (Fsp3) is 0.917. The molecule has 1 aliphatic rings. The van der Waals surface area contributed by atoms with Gasteiger partial charge in [0.15, 0.2) is 0 Å². The first kappa shape index (κ1) is 13.5. The molecule has 94 valence electrons. The van der Waals surface area contributed by atoms with Crippen LogP contribution in [0, 0.1) is 0 Å². The molecule has 0 aliphatic carbocycles. The minimum atomic E-state index is -0.0926. The maximum atomic E-state index is 11.6. The zero-order valence-electron chi connectivity index (χ0n) is 10.8. The Bertz CT molecular complexity index is 212. The average Bonchev–Trinajstić information content (AvgIpc) is 2.69. The number of hydrogen-bond donors (Lipinski definition) is 2. The second kappa shape index (κ2) is 6.86. The summed E-state index contributed by atoms with van der Waals surface area (Å²) in [6, 6.07) is 0.125. The van der Waals surface area contributed by atoms with Gasteiger partial charge in [-0.1, -0.05) is 0 Å². The highest BCUT2D eigenvalue weighted by molar-refractivity contribution is 5.81. The molecule has 1 saturated heterocycles. The van der Waals surface area contributed by atoms with Crippen molar-refractivity contribution in [3.8, 4) is 0 Å². The molecule has 1 unspecified atom stereocenters. The van der Waals surface area contributed by atoms with E-state index in [1.807, 2.05) is 20.8 Å². The Kier molecular flexibility index (Phi) is 5.77. The van der Waals surface area contributed by atoms with Gasteiger partial charge >= 0.3 is 0 Å². The molecular weight excluding hydrogens is 202 g/mol. The topological polar surface area (TPSA) is 44.4 Å². The maximum Gasteiger partial charge on any atom is 0.237 e. The van der Waals surface area contributed by atoms with E-state index in [1.54, 1.807) is 0 Å². The van der Waals surface area contributed by atoms with Crippen molar-refractivity contribution in [1.29, 1.82) is 0 Å². The van der Waals surface area contributed by atoms with Gasteiger partial charge in [0.2, 0.25) is 5.91 Å². The lowest BCUT2D eigenvalue weighted by molar-refractivity contribution is -0.123. The molecule has 4 nitrogen and oxygen atoms in total. The van der Waals surface area contributed by atoms with Crippen LogP contribution in [-0.4, -0.2) is 49.1 Å². The van der Waals surface area contributed by atoms with Gasteiger partial charge in [-0.05, 0) is 46.7 Å². The lowest BCUT2D eigenvalue weighted by Crippen LogP contribution is -2.46. The highest BCUT2D eigenvalue weighted by Gasteiger charge is 2.14. The summed E-state index contributed by atoms with van der Waals surface area (Å²) in [6.45, 7) is 10.3. The Balaban J connectivity index is 2.09. The van der Waals surface area contributed by atoms with Crippen molar-refractivity contribution >= 4 is 5.91 Å². The van der Waals surface area contributed by atoms with Gasteiger partial charge in [0, 0.05) is 19.1 Å². The third kappa shape index (κ3) is 4.94. The Labute approximate surface area is 98.8 Å². The monoisotopic (exact) mass is 227 g/mol. The van der Waals surface area contributed by atoms with Gasteiger partial charge in [0.25, 0.3) is 0 Å². The molecule has 0 bridgehead atoms. The molecule has 4 heteroatoms. The van der Waals surface area contributed by atoms with Crippen LogP contribution in [0.15, 0.2) is 0 Å². The summed E-state index contributed by atoms with van der Waals surface area (Å²) in [7, 11) is 0. The maximum absolute atomic E-state index is 11.6. The van der Waals surface area contributed by atoms with Crippen LogP contribution < -0.4 is 10.6 Å². The molecule has 0 saturated carbocycles. The summed E-state index contributed by atoms with van der Waals surface area (Å²) in [6.07, 6.45) is 2.65. The van der Waals surface area contributed by atoms with Gasteiger partial charge in [-0.25, -0.2) is 0 Å². The van der Waals surface area contributed by atoms with E-state index in [1.165, 1.54) is 25.9 Å². The first-order chi connectivity index (χ1) is 7.59. The molecule has 1 fully saturated rings. The summed E-state index contributed by atoms with van der Waals surface area (Å²) in [5.74, 6) is 0.0939. The molecule has 16 heavy (non-hydrogen) atoms. The van der Waals surface area contributed by atoms with Crippen molar-refractivity contribution in [2.75, 3.05) is 26.2 Å². The van der Waals surface area contributed by atoms with Crippen molar-refractivity contribution in [2.24, 2.45) is 0 Å². The number of nitrogens with one attached hydrogen (secondary N) is 2. The molecule has 1 heterocycles. The fourth-order valence-electron chi connectivity index (χ4n) is 1.95. The van der Waals surface area contributed by atoms with Crippen molar-refractivity contribution in [3.05, 3.63) is 0 Å². The Hall–Kier alpha value is -0.610. The molecule has 0 aromatic carbocycles. The Morgan fingerprint density at radius 1 is 1.25 bits per heavy atom. The van der Waals surface area contributed by atoms with Crippen LogP contribution in [0.2, 0.25) is 0 Å². The second-order valence-electron chi connectivity index (χ2n) is 4.89. The van der Waals surface area contributed by atoms with Crippen molar-refractivity contribution in [1.82, 2.24) is 15.5 Å². The fourth-order valence-corrected chi connectivity index (χ4v) is 1.95. The van der Waals surface area contributed by atoms with E-state index < -0.39 is 0 Å². The number of rotatable bonds is 6. The van der Waals surface area contributed by atoms with Gasteiger partial charge in [-0.3, -0.25) is 4.79 Å². The van der Waals surface area contributed by atoms with E-state index in [-0.39, 0.29) is 18.0 Å². The molecule has 0 radical (unpaired) electrons. The van der Waals surface area contributed by atoms with Gasteiger partial charge in [-0.2, -0.15) is 0 Å². The Morgan fingerprint density at radius 2 is 1.88 bits per heavy atom. The van der Waals surface area contributed by atoms with Crippen molar-refractivity contribution in [3.63, 3.8) is 0 Å². The summed E-state index contributed by atoms with van der Waals surface area (Å²) in [5.41, 5.74) is 0. The van der Waals surface area contributed by atoms with Crippen LogP contribution in [0.5, 0.6) is 0 Å². The second-order valence-corrected chi connectivity index (χ2v) is 4.89. The zero-order chi connectivity index (χ0) is 12.0. The summed E-state index contributed by atoms with van der Waals surface area (Å²) >= 11 is 0. The van der Waals surface area contributed by atoms with E-state index in [0.29, 0.717) is 0 Å². The van der Waals surface area contributed by atoms with E-state index in [9.17, 15) is 4.79 Å². The van der Waals surface area contributed by atoms with Crippen LogP contribution in [0.25, 0.3) is 0 Å². The van der Waals surface area contributed by atoms with Crippen LogP contribution in [-0.2, 0) is 4.79 Å². The number of carbonyl (C=O) groups excluding carboxylic acids is 1. The van der Waals surface area contributed by atoms with E-state index >= 15 is 0 Å². The normalized spacial score (nSPS) is 19.0. The third-order valence-corrected chi connectivity index (χ3v) is 2.90. The van der Waals surface area contributed by atoms with Crippen molar-refractivity contribution in [2.45, 2.75) is 45.7 Å². The summed E-state index contributed by atoms with van der Waals surface area (Å²) in [5, 5.41) is 6.17. The van der Waals surface area contributed by atoms with Gasteiger partial charge in [-0.15, -0.1) is 0 Å². The molecule has 0 spiro atoms. The highest BCUT2D eigenvalue weighted by Crippen LogP contribution is 2.05. The lowest BCUT2D eigenvalue weighted by Gasteiger charge is -2.19. The van der Waals surface area contributed by atoms with Crippen molar-refractivity contribution < 1.29 is 4.79 Å². The summed E-state index contributed by atoms with van der Waals surface area (Å²) in [4.78, 5) is 14.0. The minimum absolute atomic E-state index is 0.0926. The van der Waals surface area contributed by atoms with Gasteiger partial charge in [0.1, 0.15) is 0 Å². The predicted octanol–water partition coefficient (Wildman–Crippen LogP) is 0.585. The van der Waals surface area contributed by atoms with Crippen LogP contribution >= 0.6 is 0 Å². The van der Waals surface area contributed by atoms with E-state index in [2.05, 4.69) is 15.5 Å². The van der Waals surface area contributed by atoms with Crippen LogP contribution in [0.3, 0.4) is 0 Å². The zero-order valence-corrected chi connectivity index (χ0v) is 10.8. The van der Waals surface area contributed by atoms with Crippen LogP contribution in [0.4, 0.5) is 0 Å². The summed E-state index contributed by atoms with van der Waals surface area (Å²) < 4.78 is 0. The largest absolute Gasteiger partial charge is 0.353 e. The minimum Gasteiger partial charge on any atom is -0.353 e. The Morgan fingerprint density at radius 3 is 2.44 bits per heavy atom. The molecule has 1 rings (SSSR count). The quantitative estimate of drug-likeness (QED) is 0.698.